The lowest BCUT2D eigenvalue weighted by Crippen LogP contribution is -2.28. The number of hydrogen-bond acceptors (Lipinski definition) is 4. The van der Waals surface area contributed by atoms with Crippen molar-refractivity contribution in [2.24, 2.45) is 11.7 Å². The predicted octanol–water partition coefficient (Wildman–Crippen LogP) is 1.33. The highest BCUT2D eigenvalue weighted by Gasteiger charge is 2.31. The monoisotopic (exact) mass is 235 g/mol. The number of aromatic nitrogens is 3. The van der Waals surface area contributed by atoms with E-state index in [0.717, 1.165) is 30.7 Å². The van der Waals surface area contributed by atoms with Gasteiger partial charge in [-0.05, 0) is 31.7 Å². The van der Waals surface area contributed by atoms with E-state index in [1.807, 2.05) is 0 Å². The molecule has 0 radical (unpaired) electrons. The lowest BCUT2D eigenvalue weighted by Gasteiger charge is -2.28. The summed E-state index contributed by atoms with van der Waals surface area (Å²) in [5.41, 5.74) is 5.57. The summed E-state index contributed by atoms with van der Waals surface area (Å²) in [5.74, 6) is 2.65. The minimum Gasteiger partial charge on any atom is -0.354 e. The Kier molecular flexibility index (Phi) is 3.01. The zero-order valence-corrected chi connectivity index (χ0v) is 10.2. The van der Waals surface area contributed by atoms with Crippen LogP contribution in [0.4, 0.5) is 5.95 Å². The van der Waals surface area contributed by atoms with Crippen LogP contribution in [0.25, 0.3) is 0 Å². The molecule has 1 fully saturated rings. The van der Waals surface area contributed by atoms with Crippen molar-refractivity contribution >= 4 is 5.95 Å². The molecule has 1 aromatic rings. The molecule has 17 heavy (non-hydrogen) atoms. The van der Waals surface area contributed by atoms with Crippen molar-refractivity contribution in [2.75, 3.05) is 18.4 Å². The molecule has 1 aromatic heterocycles. The molecule has 2 heterocycles. The maximum atomic E-state index is 5.57. The maximum Gasteiger partial charge on any atom is 0.221 e. The van der Waals surface area contributed by atoms with Gasteiger partial charge in [-0.2, -0.15) is 10.1 Å². The van der Waals surface area contributed by atoms with Crippen molar-refractivity contribution in [1.82, 2.24) is 14.8 Å². The van der Waals surface area contributed by atoms with Gasteiger partial charge in [0.25, 0.3) is 0 Å². The Morgan fingerprint density at radius 1 is 1.29 bits per heavy atom. The van der Waals surface area contributed by atoms with Crippen LogP contribution in [0.5, 0.6) is 0 Å². The summed E-state index contributed by atoms with van der Waals surface area (Å²) in [7, 11) is 0. The summed E-state index contributed by atoms with van der Waals surface area (Å²) in [4.78, 5) is 4.52. The zero-order valence-electron chi connectivity index (χ0n) is 10.2. The number of nitrogens with two attached hydrogens (primary N) is 1. The molecule has 5 nitrogen and oxygen atoms in total. The number of nitrogens with zero attached hydrogens (tertiary/aromatic N) is 3. The van der Waals surface area contributed by atoms with E-state index in [1.165, 1.54) is 32.1 Å². The van der Waals surface area contributed by atoms with Crippen LogP contribution in [0, 0.1) is 5.92 Å². The van der Waals surface area contributed by atoms with Gasteiger partial charge >= 0.3 is 0 Å². The SMILES string of the molecule is NCCc1nc2n(n1)C(C1CCCC1)CCN2. The van der Waals surface area contributed by atoms with Gasteiger partial charge < -0.3 is 11.1 Å². The predicted molar refractivity (Wildman–Crippen MR) is 66.9 cm³/mol. The van der Waals surface area contributed by atoms with Crippen molar-refractivity contribution in [2.45, 2.75) is 44.6 Å². The molecular weight excluding hydrogens is 214 g/mol. The first-order chi connectivity index (χ1) is 8.38. The Hall–Kier alpha value is -1.10. The molecule has 5 heteroatoms. The number of hydrogen-bond donors (Lipinski definition) is 2. The van der Waals surface area contributed by atoms with Gasteiger partial charge in [-0.25, -0.2) is 4.68 Å². The maximum absolute atomic E-state index is 5.57. The lowest BCUT2D eigenvalue weighted by molar-refractivity contribution is 0.288. The van der Waals surface area contributed by atoms with Crippen molar-refractivity contribution in [3.63, 3.8) is 0 Å². The Morgan fingerprint density at radius 2 is 2.12 bits per heavy atom. The molecule has 0 spiro atoms. The molecule has 1 unspecified atom stereocenters. The third-order valence-electron chi connectivity index (χ3n) is 4.02. The minimum absolute atomic E-state index is 0.563. The first kappa shape index (κ1) is 11.0. The number of rotatable bonds is 3. The molecular formula is C12H21N5. The Morgan fingerprint density at radius 3 is 2.88 bits per heavy atom. The number of nitrogens with one attached hydrogen (secondary N) is 1. The Bertz CT molecular complexity index is 380. The van der Waals surface area contributed by atoms with Crippen LogP contribution in [0.1, 0.15) is 44.0 Å². The van der Waals surface area contributed by atoms with E-state index in [2.05, 4.69) is 20.1 Å². The molecule has 1 aliphatic heterocycles. The first-order valence-electron chi connectivity index (χ1n) is 6.78. The van der Waals surface area contributed by atoms with Gasteiger partial charge in [0, 0.05) is 13.0 Å². The fourth-order valence-corrected chi connectivity index (χ4v) is 3.19. The largest absolute Gasteiger partial charge is 0.354 e. The van der Waals surface area contributed by atoms with Gasteiger partial charge in [-0.15, -0.1) is 0 Å². The lowest BCUT2D eigenvalue weighted by atomic mass is 9.95. The van der Waals surface area contributed by atoms with Crippen molar-refractivity contribution in [1.29, 1.82) is 0 Å². The second-order valence-corrected chi connectivity index (χ2v) is 5.16. The summed E-state index contributed by atoms with van der Waals surface area (Å²) < 4.78 is 2.13. The van der Waals surface area contributed by atoms with Crippen LogP contribution in [0.3, 0.4) is 0 Å². The fraction of sp³-hybridized carbons (Fsp3) is 0.833. The van der Waals surface area contributed by atoms with E-state index in [-0.39, 0.29) is 0 Å². The summed E-state index contributed by atoms with van der Waals surface area (Å²) in [5, 5.41) is 7.97. The van der Waals surface area contributed by atoms with Crippen molar-refractivity contribution in [3.8, 4) is 0 Å². The van der Waals surface area contributed by atoms with Crippen LogP contribution < -0.4 is 11.1 Å². The van der Waals surface area contributed by atoms with Gasteiger partial charge in [0.15, 0.2) is 5.82 Å². The molecule has 2 aliphatic rings. The third kappa shape index (κ3) is 2.04. The topological polar surface area (TPSA) is 68.8 Å². The molecule has 0 saturated heterocycles. The molecule has 1 atom stereocenters. The summed E-state index contributed by atoms with van der Waals surface area (Å²) in [6.45, 7) is 1.65. The first-order valence-corrected chi connectivity index (χ1v) is 6.78. The molecule has 0 amide bonds. The standard InChI is InChI=1S/C12H21N5/c13-7-5-11-15-12-14-8-6-10(17(12)16-11)9-3-1-2-4-9/h9-10H,1-8,13H2,(H,14,15,16). The summed E-state index contributed by atoms with van der Waals surface area (Å²) in [6.07, 6.45) is 7.44. The molecule has 3 N–H and O–H groups in total. The van der Waals surface area contributed by atoms with Gasteiger partial charge in [0.2, 0.25) is 5.95 Å². The fourth-order valence-electron chi connectivity index (χ4n) is 3.19. The molecule has 0 aromatic carbocycles. The van der Waals surface area contributed by atoms with Gasteiger partial charge in [-0.1, -0.05) is 12.8 Å². The van der Waals surface area contributed by atoms with Crippen LogP contribution in [-0.2, 0) is 6.42 Å². The van der Waals surface area contributed by atoms with Crippen LogP contribution in [0.2, 0.25) is 0 Å². The van der Waals surface area contributed by atoms with E-state index >= 15 is 0 Å². The van der Waals surface area contributed by atoms with Crippen LogP contribution >= 0.6 is 0 Å². The Labute approximate surface area is 102 Å². The van der Waals surface area contributed by atoms with Crippen molar-refractivity contribution < 1.29 is 0 Å². The van der Waals surface area contributed by atoms with E-state index < -0.39 is 0 Å². The highest BCUT2D eigenvalue weighted by molar-refractivity contribution is 5.28. The second kappa shape index (κ2) is 4.64. The second-order valence-electron chi connectivity index (χ2n) is 5.16. The van der Waals surface area contributed by atoms with Gasteiger partial charge in [-0.3, -0.25) is 0 Å². The molecule has 1 aliphatic carbocycles. The van der Waals surface area contributed by atoms with Crippen LogP contribution in [0.15, 0.2) is 0 Å². The highest BCUT2D eigenvalue weighted by atomic mass is 15.4. The third-order valence-corrected chi connectivity index (χ3v) is 4.02. The number of anilines is 1. The normalized spacial score (nSPS) is 24.6. The average Bonchev–Trinajstić information content (AvgIpc) is 2.97. The van der Waals surface area contributed by atoms with E-state index in [9.17, 15) is 0 Å². The van der Waals surface area contributed by atoms with Crippen molar-refractivity contribution in [3.05, 3.63) is 5.82 Å². The summed E-state index contributed by atoms with van der Waals surface area (Å²) in [6, 6.07) is 0.563. The number of fused-ring (bicyclic) bond motifs is 1. The van der Waals surface area contributed by atoms with E-state index in [1.54, 1.807) is 0 Å². The summed E-state index contributed by atoms with van der Waals surface area (Å²) >= 11 is 0. The van der Waals surface area contributed by atoms with Crippen LogP contribution in [-0.4, -0.2) is 27.9 Å². The highest BCUT2D eigenvalue weighted by Crippen LogP contribution is 2.38. The van der Waals surface area contributed by atoms with E-state index in [4.69, 9.17) is 5.73 Å². The van der Waals surface area contributed by atoms with Gasteiger partial charge in [0.1, 0.15) is 0 Å². The smallest absolute Gasteiger partial charge is 0.221 e. The van der Waals surface area contributed by atoms with E-state index in [0.29, 0.717) is 12.6 Å². The molecule has 94 valence electrons. The molecule has 3 rings (SSSR count). The average molecular weight is 235 g/mol. The Balaban J connectivity index is 1.84. The van der Waals surface area contributed by atoms with Gasteiger partial charge in [0.05, 0.1) is 6.04 Å². The quantitative estimate of drug-likeness (QED) is 0.829. The minimum atomic E-state index is 0.563. The zero-order chi connectivity index (χ0) is 11.7. The molecule has 1 saturated carbocycles. The molecule has 0 bridgehead atoms.